The molecule has 1 atom stereocenters. The first kappa shape index (κ1) is 15.7. The Labute approximate surface area is 132 Å². The number of halogens is 1. The second kappa shape index (κ2) is 6.83. The lowest BCUT2D eigenvalue weighted by atomic mass is 9.97. The molecule has 2 aromatic carbocycles. The van der Waals surface area contributed by atoms with Crippen molar-refractivity contribution in [1.82, 2.24) is 0 Å². The SMILES string of the molecule is COc1ccc(C(N)c2c(OC)cccc2OC)c(Br)c1. The fourth-order valence-electron chi connectivity index (χ4n) is 2.23. The molecule has 0 saturated heterocycles. The van der Waals surface area contributed by atoms with Crippen LogP contribution in [0.3, 0.4) is 0 Å². The predicted octanol–water partition coefficient (Wildman–Crippen LogP) is 3.52. The largest absolute Gasteiger partial charge is 0.497 e. The molecule has 4 nitrogen and oxygen atoms in total. The highest BCUT2D eigenvalue weighted by atomic mass is 79.9. The summed E-state index contributed by atoms with van der Waals surface area (Å²) >= 11 is 3.54. The van der Waals surface area contributed by atoms with Gasteiger partial charge in [0.15, 0.2) is 0 Å². The van der Waals surface area contributed by atoms with Gasteiger partial charge in [0.1, 0.15) is 17.2 Å². The summed E-state index contributed by atoms with van der Waals surface area (Å²) in [4.78, 5) is 0. The lowest BCUT2D eigenvalue weighted by Gasteiger charge is -2.20. The van der Waals surface area contributed by atoms with E-state index >= 15 is 0 Å². The van der Waals surface area contributed by atoms with Gasteiger partial charge >= 0.3 is 0 Å². The molecule has 0 aliphatic carbocycles. The van der Waals surface area contributed by atoms with Gasteiger partial charge in [-0.2, -0.15) is 0 Å². The normalized spacial score (nSPS) is 11.9. The van der Waals surface area contributed by atoms with Crippen LogP contribution in [0.4, 0.5) is 0 Å². The molecule has 0 amide bonds. The number of hydrogen-bond donors (Lipinski definition) is 1. The summed E-state index contributed by atoms with van der Waals surface area (Å²) in [5.74, 6) is 2.17. The summed E-state index contributed by atoms with van der Waals surface area (Å²) in [6.07, 6.45) is 0. The molecule has 112 valence electrons. The molecule has 5 heteroatoms. The van der Waals surface area contributed by atoms with Crippen LogP contribution in [0.5, 0.6) is 17.2 Å². The molecule has 0 aliphatic heterocycles. The molecule has 0 fully saturated rings. The van der Waals surface area contributed by atoms with E-state index in [2.05, 4.69) is 15.9 Å². The summed E-state index contributed by atoms with van der Waals surface area (Å²) in [6, 6.07) is 10.9. The minimum atomic E-state index is -0.378. The van der Waals surface area contributed by atoms with E-state index in [1.54, 1.807) is 21.3 Å². The van der Waals surface area contributed by atoms with Crippen molar-refractivity contribution < 1.29 is 14.2 Å². The van der Waals surface area contributed by atoms with Crippen molar-refractivity contribution in [2.24, 2.45) is 5.73 Å². The highest BCUT2D eigenvalue weighted by Crippen LogP contribution is 2.38. The predicted molar refractivity (Wildman–Crippen MR) is 86.3 cm³/mol. The average molecular weight is 352 g/mol. The second-order valence-corrected chi connectivity index (χ2v) is 5.30. The van der Waals surface area contributed by atoms with E-state index in [9.17, 15) is 0 Å². The molecule has 0 bridgehead atoms. The van der Waals surface area contributed by atoms with Crippen LogP contribution in [0.25, 0.3) is 0 Å². The molecule has 2 rings (SSSR count). The van der Waals surface area contributed by atoms with Crippen LogP contribution in [-0.2, 0) is 0 Å². The second-order valence-electron chi connectivity index (χ2n) is 4.44. The van der Waals surface area contributed by atoms with E-state index in [4.69, 9.17) is 19.9 Å². The van der Waals surface area contributed by atoms with Gasteiger partial charge in [-0.15, -0.1) is 0 Å². The van der Waals surface area contributed by atoms with Gasteiger partial charge in [-0.05, 0) is 29.8 Å². The van der Waals surface area contributed by atoms with Crippen LogP contribution in [0.2, 0.25) is 0 Å². The van der Waals surface area contributed by atoms with E-state index < -0.39 is 0 Å². The third-order valence-corrected chi connectivity index (χ3v) is 4.01. The summed E-state index contributed by atoms with van der Waals surface area (Å²) in [5.41, 5.74) is 8.17. The third kappa shape index (κ3) is 3.14. The summed E-state index contributed by atoms with van der Waals surface area (Å²) in [5, 5.41) is 0. The number of benzene rings is 2. The quantitative estimate of drug-likeness (QED) is 0.895. The lowest BCUT2D eigenvalue weighted by Crippen LogP contribution is -2.15. The zero-order valence-corrected chi connectivity index (χ0v) is 13.8. The molecule has 0 aromatic heterocycles. The minimum absolute atomic E-state index is 0.378. The first-order valence-electron chi connectivity index (χ1n) is 6.42. The van der Waals surface area contributed by atoms with E-state index in [1.807, 2.05) is 36.4 Å². The Kier molecular flexibility index (Phi) is 5.09. The highest BCUT2D eigenvalue weighted by molar-refractivity contribution is 9.10. The van der Waals surface area contributed by atoms with Crippen molar-refractivity contribution in [3.8, 4) is 17.2 Å². The van der Waals surface area contributed by atoms with Crippen LogP contribution < -0.4 is 19.9 Å². The van der Waals surface area contributed by atoms with Crippen molar-refractivity contribution in [3.63, 3.8) is 0 Å². The van der Waals surface area contributed by atoms with Crippen LogP contribution in [-0.4, -0.2) is 21.3 Å². The molecule has 2 N–H and O–H groups in total. The summed E-state index contributed by atoms with van der Waals surface area (Å²) in [6.45, 7) is 0. The van der Waals surface area contributed by atoms with Gasteiger partial charge in [0, 0.05) is 4.47 Å². The molecule has 0 spiro atoms. The minimum Gasteiger partial charge on any atom is -0.497 e. The summed E-state index contributed by atoms with van der Waals surface area (Å²) in [7, 11) is 4.87. The zero-order valence-electron chi connectivity index (χ0n) is 12.2. The zero-order chi connectivity index (χ0) is 15.4. The van der Waals surface area contributed by atoms with Gasteiger partial charge < -0.3 is 19.9 Å². The Balaban J connectivity index is 2.51. The molecule has 0 saturated carbocycles. The Hall–Kier alpha value is -1.72. The monoisotopic (exact) mass is 351 g/mol. The van der Waals surface area contributed by atoms with Crippen molar-refractivity contribution in [2.45, 2.75) is 6.04 Å². The van der Waals surface area contributed by atoms with Gasteiger partial charge in [-0.1, -0.05) is 28.1 Å². The number of methoxy groups -OCH3 is 3. The molecule has 0 heterocycles. The Morgan fingerprint density at radius 1 is 0.952 bits per heavy atom. The molecular weight excluding hydrogens is 334 g/mol. The van der Waals surface area contributed by atoms with E-state index in [0.717, 1.165) is 21.3 Å². The van der Waals surface area contributed by atoms with Crippen LogP contribution in [0.15, 0.2) is 40.9 Å². The Bertz CT molecular complexity index is 609. The van der Waals surface area contributed by atoms with Crippen molar-refractivity contribution in [3.05, 3.63) is 52.0 Å². The molecule has 2 aromatic rings. The van der Waals surface area contributed by atoms with Gasteiger partial charge in [-0.25, -0.2) is 0 Å². The molecule has 0 aliphatic rings. The van der Waals surface area contributed by atoms with Gasteiger partial charge in [0.25, 0.3) is 0 Å². The number of hydrogen-bond acceptors (Lipinski definition) is 4. The van der Waals surface area contributed by atoms with E-state index in [1.165, 1.54) is 0 Å². The van der Waals surface area contributed by atoms with Crippen LogP contribution >= 0.6 is 15.9 Å². The first-order valence-corrected chi connectivity index (χ1v) is 7.21. The maximum atomic E-state index is 6.43. The Morgan fingerprint density at radius 3 is 2.05 bits per heavy atom. The van der Waals surface area contributed by atoms with Crippen LogP contribution in [0, 0.1) is 0 Å². The first-order chi connectivity index (χ1) is 10.1. The van der Waals surface area contributed by atoms with E-state index in [0.29, 0.717) is 11.5 Å². The van der Waals surface area contributed by atoms with Gasteiger partial charge in [-0.3, -0.25) is 0 Å². The molecular formula is C16H18BrNO3. The lowest BCUT2D eigenvalue weighted by molar-refractivity contribution is 0.382. The number of ether oxygens (including phenoxy) is 3. The summed E-state index contributed by atoms with van der Waals surface area (Å²) < 4.78 is 16.9. The van der Waals surface area contributed by atoms with Gasteiger partial charge in [0.05, 0.1) is 32.9 Å². The van der Waals surface area contributed by atoms with Crippen LogP contribution in [0.1, 0.15) is 17.2 Å². The number of nitrogens with two attached hydrogens (primary N) is 1. The smallest absolute Gasteiger partial charge is 0.127 e. The molecule has 1 unspecified atom stereocenters. The fraction of sp³-hybridized carbons (Fsp3) is 0.250. The van der Waals surface area contributed by atoms with E-state index in [-0.39, 0.29) is 6.04 Å². The molecule has 21 heavy (non-hydrogen) atoms. The third-order valence-electron chi connectivity index (χ3n) is 3.32. The topological polar surface area (TPSA) is 53.7 Å². The standard InChI is InChI=1S/C16H18BrNO3/c1-19-10-7-8-11(12(17)9-10)16(18)15-13(20-2)5-4-6-14(15)21-3/h4-9,16H,18H2,1-3H3. The number of rotatable bonds is 5. The van der Waals surface area contributed by atoms with Crippen molar-refractivity contribution in [2.75, 3.05) is 21.3 Å². The highest BCUT2D eigenvalue weighted by Gasteiger charge is 2.21. The maximum Gasteiger partial charge on any atom is 0.127 e. The van der Waals surface area contributed by atoms with Gasteiger partial charge in [0.2, 0.25) is 0 Å². The van der Waals surface area contributed by atoms with Crippen molar-refractivity contribution in [1.29, 1.82) is 0 Å². The Morgan fingerprint density at radius 2 is 1.57 bits per heavy atom. The fourth-order valence-corrected chi connectivity index (χ4v) is 2.83. The maximum absolute atomic E-state index is 6.43. The average Bonchev–Trinajstić information content (AvgIpc) is 2.53. The molecule has 0 radical (unpaired) electrons. The van der Waals surface area contributed by atoms with Crippen molar-refractivity contribution >= 4 is 15.9 Å².